The lowest BCUT2D eigenvalue weighted by atomic mass is 10.1. The van der Waals surface area contributed by atoms with E-state index in [0.717, 1.165) is 0 Å². The van der Waals surface area contributed by atoms with Crippen LogP contribution in [-0.4, -0.2) is 33.1 Å². The number of aromatic nitrogens is 2. The van der Waals surface area contributed by atoms with Crippen molar-refractivity contribution in [2.24, 2.45) is 0 Å². The van der Waals surface area contributed by atoms with Gasteiger partial charge in [0.1, 0.15) is 5.69 Å². The average Bonchev–Trinajstić information content (AvgIpc) is 2.14. The Balaban J connectivity index is 2.52. The van der Waals surface area contributed by atoms with E-state index in [2.05, 4.69) is 15.3 Å². The highest BCUT2D eigenvalue weighted by molar-refractivity contribution is 5.91. The molecular weight excluding hydrogens is 182 g/mol. The van der Waals surface area contributed by atoms with E-state index in [1.54, 1.807) is 13.8 Å². The highest BCUT2D eigenvalue weighted by atomic mass is 16.3. The van der Waals surface area contributed by atoms with Crippen LogP contribution < -0.4 is 5.32 Å². The summed E-state index contributed by atoms with van der Waals surface area (Å²) in [5.41, 5.74) is -0.672. The smallest absolute Gasteiger partial charge is 0.271 e. The highest BCUT2D eigenvalue weighted by Crippen LogP contribution is 1.98. The summed E-state index contributed by atoms with van der Waals surface area (Å²) >= 11 is 0. The van der Waals surface area contributed by atoms with Gasteiger partial charge in [-0.25, -0.2) is 4.98 Å². The van der Waals surface area contributed by atoms with Crippen molar-refractivity contribution in [3.05, 3.63) is 24.3 Å². The minimum atomic E-state index is -0.919. The second-order valence-corrected chi connectivity index (χ2v) is 3.59. The largest absolute Gasteiger partial charge is 0.389 e. The van der Waals surface area contributed by atoms with Gasteiger partial charge in [-0.2, -0.15) is 0 Å². The summed E-state index contributed by atoms with van der Waals surface area (Å²) in [5.74, 6) is -0.333. The standard InChI is InChI=1S/C9H13N3O2/c1-9(2,14)6-12-8(13)7-5-10-3-4-11-7/h3-5,14H,6H2,1-2H3,(H,12,13). The van der Waals surface area contributed by atoms with Crippen molar-refractivity contribution in [3.8, 4) is 0 Å². The Morgan fingerprint density at radius 3 is 2.79 bits per heavy atom. The van der Waals surface area contributed by atoms with Gasteiger partial charge in [-0.05, 0) is 13.8 Å². The topological polar surface area (TPSA) is 75.1 Å². The van der Waals surface area contributed by atoms with E-state index >= 15 is 0 Å². The van der Waals surface area contributed by atoms with Crippen LogP contribution in [0, 0.1) is 0 Å². The van der Waals surface area contributed by atoms with Crippen LogP contribution in [0.4, 0.5) is 0 Å². The minimum absolute atomic E-state index is 0.183. The fourth-order valence-corrected chi connectivity index (χ4v) is 0.803. The SMILES string of the molecule is CC(C)(O)CNC(=O)c1cnccn1. The van der Waals surface area contributed by atoms with Crippen molar-refractivity contribution < 1.29 is 9.90 Å². The number of nitrogens with zero attached hydrogens (tertiary/aromatic N) is 2. The van der Waals surface area contributed by atoms with E-state index < -0.39 is 5.60 Å². The molecule has 0 radical (unpaired) electrons. The van der Waals surface area contributed by atoms with Gasteiger partial charge < -0.3 is 10.4 Å². The first-order valence-electron chi connectivity index (χ1n) is 4.26. The molecule has 0 aliphatic heterocycles. The molecule has 1 rings (SSSR count). The first kappa shape index (κ1) is 10.6. The van der Waals surface area contributed by atoms with Crippen LogP contribution in [-0.2, 0) is 0 Å². The molecule has 5 nitrogen and oxygen atoms in total. The predicted octanol–water partition coefficient (Wildman–Crippen LogP) is -0.0227. The third-order valence-corrected chi connectivity index (χ3v) is 1.48. The maximum atomic E-state index is 11.4. The minimum Gasteiger partial charge on any atom is -0.389 e. The third-order valence-electron chi connectivity index (χ3n) is 1.48. The fraction of sp³-hybridized carbons (Fsp3) is 0.444. The summed E-state index contributed by atoms with van der Waals surface area (Å²) in [6.45, 7) is 3.41. The van der Waals surface area contributed by atoms with E-state index in [-0.39, 0.29) is 18.1 Å². The van der Waals surface area contributed by atoms with Gasteiger partial charge in [0.05, 0.1) is 11.8 Å². The number of hydrogen-bond acceptors (Lipinski definition) is 4. The van der Waals surface area contributed by atoms with E-state index in [0.29, 0.717) is 0 Å². The molecule has 0 spiro atoms. The summed E-state index contributed by atoms with van der Waals surface area (Å²) < 4.78 is 0. The summed E-state index contributed by atoms with van der Waals surface area (Å²) in [4.78, 5) is 19.0. The highest BCUT2D eigenvalue weighted by Gasteiger charge is 2.15. The Morgan fingerprint density at radius 2 is 2.29 bits per heavy atom. The Bertz CT molecular complexity index is 306. The van der Waals surface area contributed by atoms with Crippen LogP contribution in [0.1, 0.15) is 24.3 Å². The summed E-state index contributed by atoms with van der Waals surface area (Å²) in [6.07, 6.45) is 4.31. The number of rotatable bonds is 3. The molecule has 0 bridgehead atoms. The molecule has 76 valence electrons. The first-order valence-corrected chi connectivity index (χ1v) is 4.26. The Morgan fingerprint density at radius 1 is 1.57 bits per heavy atom. The molecule has 5 heteroatoms. The Kier molecular flexibility index (Phi) is 3.14. The molecule has 0 saturated carbocycles. The summed E-state index contributed by atoms with van der Waals surface area (Å²) in [7, 11) is 0. The second kappa shape index (κ2) is 4.15. The summed E-state index contributed by atoms with van der Waals surface area (Å²) in [5, 5.41) is 11.9. The zero-order valence-corrected chi connectivity index (χ0v) is 8.19. The fourth-order valence-electron chi connectivity index (χ4n) is 0.803. The lowest BCUT2D eigenvalue weighted by molar-refractivity contribution is 0.0691. The number of carbonyl (C=O) groups excluding carboxylic acids is 1. The van der Waals surface area contributed by atoms with Crippen molar-refractivity contribution in [3.63, 3.8) is 0 Å². The monoisotopic (exact) mass is 195 g/mol. The maximum absolute atomic E-state index is 11.4. The number of carbonyl (C=O) groups is 1. The molecular formula is C9H13N3O2. The molecule has 1 heterocycles. The molecule has 1 aromatic rings. The van der Waals surface area contributed by atoms with E-state index in [9.17, 15) is 9.90 Å². The molecule has 1 aromatic heterocycles. The number of amides is 1. The van der Waals surface area contributed by atoms with Crippen molar-refractivity contribution in [2.45, 2.75) is 19.4 Å². The number of hydrogen-bond donors (Lipinski definition) is 2. The maximum Gasteiger partial charge on any atom is 0.271 e. The Labute approximate surface area is 82.2 Å². The molecule has 2 N–H and O–H groups in total. The van der Waals surface area contributed by atoms with Gasteiger partial charge in [0.25, 0.3) is 5.91 Å². The second-order valence-electron chi connectivity index (χ2n) is 3.59. The zero-order valence-electron chi connectivity index (χ0n) is 8.19. The van der Waals surface area contributed by atoms with Crippen LogP contribution in [0.5, 0.6) is 0 Å². The van der Waals surface area contributed by atoms with Gasteiger partial charge in [-0.1, -0.05) is 0 Å². The van der Waals surface area contributed by atoms with E-state index in [1.807, 2.05) is 0 Å². The van der Waals surface area contributed by atoms with Gasteiger partial charge in [0.15, 0.2) is 0 Å². The van der Waals surface area contributed by atoms with Crippen LogP contribution in [0.2, 0.25) is 0 Å². The van der Waals surface area contributed by atoms with Gasteiger partial charge in [0, 0.05) is 18.9 Å². The molecule has 0 aliphatic rings. The first-order chi connectivity index (χ1) is 6.49. The molecule has 14 heavy (non-hydrogen) atoms. The van der Waals surface area contributed by atoms with Gasteiger partial charge in [-0.3, -0.25) is 9.78 Å². The molecule has 1 amide bonds. The summed E-state index contributed by atoms with van der Waals surface area (Å²) in [6, 6.07) is 0. The molecule has 0 fully saturated rings. The quantitative estimate of drug-likeness (QED) is 0.710. The van der Waals surface area contributed by atoms with Crippen LogP contribution >= 0.6 is 0 Å². The third kappa shape index (κ3) is 3.49. The van der Waals surface area contributed by atoms with E-state index in [1.165, 1.54) is 18.6 Å². The van der Waals surface area contributed by atoms with Crippen molar-refractivity contribution >= 4 is 5.91 Å². The predicted molar refractivity (Wildman–Crippen MR) is 50.7 cm³/mol. The van der Waals surface area contributed by atoms with E-state index in [4.69, 9.17) is 0 Å². The Hall–Kier alpha value is -1.49. The molecule has 0 atom stereocenters. The van der Waals surface area contributed by atoms with Crippen LogP contribution in [0.25, 0.3) is 0 Å². The van der Waals surface area contributed by atoms with Crippen molar-refractivity contribution in [1.82, 2.24) is 15.3 Å². The van der Waals surface area contributed by atoms with Crippen LogP contribution in [0.3, 0.4) is 0 Å². The lowest BCUT2D eigenvalue weighted by Crippen LogP contribution is -2.38. The lowest BCUT2D eigenvalue weighted by Gasteiger charge is -2.17. The van der Waals surface area contributed by atoms with Gasteiger partial charge in [-0.15, -0.1) is 0 Å². The molecule has 0 saturated heterocycles. The average molecular weight is 195 g/mol. The molecule has 0 aromatic carbocycles. The van der Waals surface area contributed by atoms with Gasteiger partial charge in [0.2, 0.25) is 0 Å². The number of nitrogens with one attached hydrogen (secondary N) is 1. The van der Waals surface area contributed by atoms with Crippen molar-refractivity contribution in [1.29, 1.82) is 0 Å². The molecule has 0 unspecified atom stereocenters. The van der Waals surface area contributed by atoms with Crippen molar-refractivity contribution in [2.75, 3.05) is 6.54 Å². The van der Waals surface area contributed by atoms with Crippen LogP contribution in [0.15, 0.2) is 18.6 Å². The normalized spacial score (nSPS) is 11.1. The number of aliphatic hydroxyl groups is 1. The zero-order chi connectivity index (χ0) is 10.6. The molecule has 0 aliphatic carbocycles. The van der Waals surface area contributed by atoms with Gasteiger partial charge >= 0.3 is 0 Å².